The number of carbonyl (C=O) groups excluding carboxylic acids is 1. The molecule has 0 aromatic heterocycles. The van der Waals surface area contributed by atoms with Crippen molar-refractivity contribution in [2.24, 2.45) is 0 Å². The summed E-state index contributed by atoms with van der Waals surface area (Å²) in [5.41, 5.74) is 3.73. The lowest BCUT2D eigenvalue weighted by Gasteiger charge is -2.27. The third kappa shape index (κ3) is 2.69. The molecule has 0 spiro atoms. The van der Waals surface area contributed by atoms with Gasteiger partial charge in [-0.3, -0.25) is 9.69 Å². The van der Waals surface area contributed by atoms with Crippen molar-refractivity contribution in [3.8, 4) is 0 Å². The molecular weight excluding hydrogens is 350 g/mol. The average Bonchev–Trinajstić information content (AvgIpc) is 3.07. The van der Waals surface area contributed by atoms with Crippen molar-refractivity contribution in [3.63, 3.8) is 0 Å². The van der Waals surface area contributed by atoms with Crippen LogP contribution in [0.1, 0.15) is 13.3 Å². The lowest BCUT2D eigenvalue weighted by molar-refractivity contribution is -0.122. The Labute approximate surface area is 157 Å². The highest BCUT2D eigenvalue weighted by Crippen LogP contribution is 2.42. The fraction of sp³-hybridized carbons (Fsp3) is 0.263. The molecule has 1 fully saturated rings. The molecule has 3 aliphatic rings. The average molecular weight is 370 g/mol. The zero-order chi connectivity index (χ0) is 17.6. The first-order chi connectivity index (χ1) is 12.1. The number of anilines is 2. The third-order valence-electron chi connectivity index (χ3n) is 4.73. The number of fused-ring (bicyclic) bond motifs is 3. The fourth-order valence-electron chi connectivity index (χ4n) is 3.39. The summed E-state index contributed by atoms with van der Waals surface area (Å²) in [4.78, 5) is 19.2. The van der Waals surface area contributed by atoms with Crippen LogP contribution >= 0.6 is 24.0 Å². The van der Waals surface area contributed by atoms with Crippen molar-refractivity contribution in [2.75, 3.05) is 29.9 Å². The first-order valence-corrected chi connectivity index (χ1v) is 9.59. The fourth-order valence-corrected chi connectivity index (χ4v) is 4.72. The molecule has 0 radical (unpaired) electrons. The van der Waals surface area contributed by atoms with E-state index in [2.05, 4.69) is 53.3 Å². The molecule has 1 aromatic carbocycles. The number of nitrogens with zero attached hydrogens (tertiary/aromatic N) is 3. The summed E-state index contributed by atoms with van der Waals surface area (Å²) < 4.78 is 0.649. The highest BCUT2D eigenvalue weighted by molar-refractivity contribution is 8.26. The van der Waals surface area contributed by atoms with Crippen molar-refractivity contribution < 1.29 is 4.79 Å². The summed E-state index contributed by atoms with van der Waals surface area (Å²) in [5.74, 6) is 1.21. The number of thiocarbonyl (C=S) groups is 1. The van der Waals surface area contributed by atoms with Crippen LogP contribution in [0.5, 0.6) is 0 Å². The first-order valence-electron chi connectivity index (χ1n) is 8.36. The van der Waals surface area contributed by atoms with E-state index in [1.807, 2.05) is 13.0 Å². The number of carbonyl (C=O) groups is 1. The first kappa shape index (κ1) is 16.4. The van der Waals surface area contributed by atoms with E-state index in [1.165, 1.54) is 34.5 Å². The Morgan fingerprint density at radius 3 is 2.72 bits per heavy atom. The van der Waals surface area contributed by atoms with Crippen molar-refractivity contribution in [1.82, 2.24) is 4.90 Å². The predicted octanol–water partition coefficient (Wildman–Crippen LogP) is 3.88. The Bertz CT molecular complexity index is 856. The molecule has 1 saturated heterocycles. The van der Waals surface area contributed by atoms with E-state index < -0.39 is 0 Å². The van der Waals surface area contributed by atoms with Crippen molar-refractivity contribution >= 4 is 45.6 Å². The van der Waals surface area contributed by atoms with E-state index in [4.69, 9.17) is 12.2 Å². The second-order valence-electron chi connectivity index (χ2n) is 6.14. The number of likely N-dealkylation sites (N-methyl/N-ethyl adjacent to an activating group) is 1. The van der Waals surface area contributed by atoms with Crippen LogP contribution in [-0.4, -0.2) is 35.3 Å². The lowest BCUT2D eigenvalue weighted by Crippen LogP contribution is -2.29. The minimum absolute atomic E-state index is 0.0184. The van der Waals surface area contributed by atoms with Crippen LogP contribution in [0.15, 0.2) is 58.8 Å². The van der Waals surface area contributed by atoms with Gasteiger partial charge in [0.25, 0.3) is 5.91 Å². The van der Waals surface area contributed by atoms with Gasteiger partial charge < -0.3 is 9.80 Å². The van der Waals surface area contributed by atoms with Gasteiger partial charge in [-0.25, -0.2) is 0 Å². The van der Waals surface area contributed by atoms with Crippen LogP contribution < -0.4 is 9.80 Å². The van der Waals surface area contributed by atoms with Crippen LogP contribution in [0.4, 0.5) is 11.4 Å². The van der Waals surface area contributed by atoms with Gasteiger partial charge in [0.1, 0.15) is 10.1 Å². The van der Waals surface area contributed by atoms with Gasteiger partial charge in [-0.2, -0.15) is 0 Å². The van der Waals surface area contributed by atoms with Gasteiger partial charge in [0.2, 0.25) is 0 Å². The van der Waals surface area contributed by atoms with Gasteiger partial charge in [0, 0.05) is 20.1 Å². The second-order valence-corrected chi connectivity index (χ2v) is 7.82. The Morgan fingerprint density at radius 2 is 2.00 bits per heavy atom. The van der Waals surface area contributed by atoms with Gasteiger partial charge in [-0.1, -0.05) is 42.2 Å². The minimum Gasteiger partial charge on any atom is -0.329 e. The maximum absolute atomic E-state index is 12.3. The number of benzene rings is 1. The predicted molar refractivity (Wildman–Crippen MR) is 109 cm³/mol. The zero-order valence-electron chi connectivity index (χ0n) is 14.2. The highest BCUT2D eigenvalue weighted by Gasteiger charge is 2.32. The molecule has 4 rings (SSSR count). The molecule has 0 saturated carbocycles. The Balaban J connectivity index is 1.61. The summed E-state index contributed by atoms with van der Waals surface area (Å²) in [6.45, 7) is 3.52. The maximum Gasteiger partial charge on any atom is 0.266 e. The van der Waals surface area contributed by atoms with Crippen LogP contribution in [0.3, 0.4) is 0 Å². The van der Waals surface area contributed by atoms with E-state index >= 15 is 0 Å². The van der Waals surface area contributed by atoms with Crippen LogP contribution in [0.25, 0.3) is 0 Å². The summed E-state index contributed by atoms with van der Waals surface area (Å²) >= 11 is 6.65. The topological polar surface area (TPSA) is 26.8 Å². The molecule has 1 aromatic rings. The third-order valence-corrected chi connectivity index (χ3v) is 6.13. The number of hydrogen-bond acceptors (Lipinski definition) is 5. The molecule has 0 unspecified atom stereocenters. The highest BCUT2D eigenvalue weighted by atomic mass is 32.2. The normalized spacial score (nSPS) is 22.8. The van der Waals surface area contributed by atoms with Gasteiger partial charge in [0.15, 0.2) is 0 Å². The molecule has 0 N–H and O–H groups in total. The summed E-state index contributed by atoms with van der Waals surface area (Å²) in [7, 11) is 2.10. The van der Waals surface area contributed by atoms with Gasteiger partial charge in [-0.15, -0.1) is 0 Å². The maximum atomic E-state index is 12.3. The van der Waals surface area contributed by atoms with Gasteiger partial charge in [-0.05, 0) is 43.2 Å². The van der Waals surface area contributed by atoms with Crippen LogP contribution in [0.2, 0.25) is 0 Å². The van der Waals surface area contributed by atoms with Crippen molar-refractivity contribution in [2.45, 2.75) is 13.3 Å². The Hall–Kier alpha value is -2.05. The Kier molecular flexibility index (Phi) is 4.17. The quantitative estimate of drug-likeness (QED) is 0.582. The summed E-state index contributed by atoms with van der Waals surface area (Å²) in [6.07, 6.45) is 7.14. The van der Waals surface area contributed by atoms with E-state index in [-0.39, 0.29) is 5.91 Å². The number of amides is 1. The number of allylic oxidation sites excluding steroid dienone is 3. The van der Waals surface area contributed by atoms with Gasteiger partial charge >= 0.3 is 0 Å². The zero-order valence-corrected chi connectivity index (χ0v) is 15.9. The number of para-hydroxylation sites is 2. The Morgan fingerprint density at radius 1 is 1.24 bits per heavy atom. The lowest BCUT2D eigenvalue weighted by atomic mass is 10.1. The molecule has 128 valence electrons. The molecule has 0 atom stereocenters. The van der Waals surface area contributed by atoms with Crippen LogP contribution in [0, 0.1) is 0 Å². The largest absolute Gasteiger partial charge is 0.329 e. The molecule has 0 bridgehead atoms. The molecular formula is C19H19N3OS2. The van der Waals surface area contributed by atoms with E-state index in [0.29, 0.717) is 15.8 Å². The SMILES string of the molecule is CCN1C(=O)/C(=C/C=C2/C=C3N(C)c4ccccc4N3CC2)SC1=S. The summed E-state index contributed by atoms with van der Waals surface area (Å²) in [6, 6.07) is 8.46. The van der Waals surface area contributed by atoms with Crippen molar-refractivity contribution in [1.29, 1.82) is 0 Å². The molecule has 3 aliphatic heterocycles. The minimum atomic E-state index is 0.0184. The number of rotatable bonds is 2. The summed E-state index contributed by atoms with van der Waals surface area (Å²) in [5, 5.41) is 0. The number of thioether (sulfide) groups is 1. The van der Waals surface area contributed by atoms with Gasteiger partial charge in [0.05, 0.1) is 16.3 Å². The monoisotopic (exact) mass is 369 g/mol. The molecule has 25 heavy (non-hydrogen) atoms. The van der Waals surface area contributed by atoms with Crippen LogP contribution in [-0.2, 0) is 4.79 Å². The molecule has 3 heterocycles. The second kappa shape index (κ2) is 6.35. The molecule has 4 nitrogen and oxygen atoms in total. The van der Waals surface area contributed by atoms with E-state index in [0.717, 1.165) is 13.0 Å². The van der Waals surface area contributed by atoms with E-state index in [1.54, 1.807) is 4.90 Å². The van der Waals surface area contributed by atoms with E-state index in [9.17, 15) is 4.79 Å². The number of hydrogen-bond donors (Lipinski definition) is 0. The molecule has 0 aliphatic carbocycles. The van der Waals surface area contributed by atoms with Crippen molar-refractivity contribution in [3.05, 3.63) is 58.8 Å². The molecule has 1 amide bonds. The molecule has 6 heteroatoms. The smallest absolute Gasteiger partial charge is 0.266 e. The standard InChI is InChI=1S/C19H19N3OS2/c1-3-21-18(23)16(25-19(21)24)9-8-13-10-11-22-15-7-5-4-6-14(15)20(2)17(22)12-13/h4-9,12H,3,10-11H2,1-2H3/b13-8+,16-9-.